The summed E-state index contributed by atoms with van der Waals surface area (Å²) >= 11 is 1.68. The molecular weight excluding hydrogens is 560 g/mol. The fourth-order valence-corrected chi connectivity index (χ4v) is 7.13. The number of pyridine rings is 1. The van der Waals surface area contributed by atoms with Crippen LogP contribution in [0.15, 0.2) is 78.4 Å². The average Bonchev–Trinajstić information content (AvgIpc) is 3.71. The van der Waals surface area contributed by atoms with Gasteiger partial charge in [0.15, 0.2) is 0 Å². The van der Waals surface area contributed by atoms with Crippen LogP contribution in [0.25, 0.3) is 17.0 Å². The van der Waals surface area contributed by atoms with Gasteiger partial charge in [0, 0.05) is 50.0 Å². The SMILES string of the molecule is Nc1ccccc1NC(=O)c1ccc(C2(c3nc(-c4cnc5cc(CN6CCOCC6)ccn45)cs3)CCOCC2)cc1. The van der Waals surface area contributed by atoms with Crippen molar-refractivity contribution in [3.63, 3.8) is 0 Å². The van der Waals surface area contributed by atoms with Gasteiger partial charge in [-0.3, -0.25) is 14.1 Å². The first-order valence-electron chi connectivity index (χ1n) is 14.7. The number of nitrogen functional groups attached to an aromatic ring is 1. The van der Waals surface area contributed by atoms with Crippen molar-refractivity contribution in [3.05, 3.63) is 100 Å². The minimum atomic E-state index is -0.286. The van der Waals surface area contributed by atoms with Crippen molar-refractivity contribution in [2.45, 2.75) is 24.8 Å². The third-order valence-corrected chi connectivity index (χ3v) is 9.56. The lowest BCUT2D eigenvalue weighted by atomic mass is 9.74. The van der Waals surface area contributed by atoms with E-state index in [0.717, 1.165) is 73.3 Å². The zero-order valence-electron chi connectivity index (χ0n) is 23.9. The quantitative estimate of drug-likeness (QED) is 0.249. The monoisotopic (exact) mass is 594 g/mol. The number of nitrogens with zero attached hydrogens (tertiary/aromatic N) is 4. The molecule has 2 saturated heterocycles. The highest BCUT2D eigenvalue weighted by Crippen LogP contribution is 2.43. The smallest absolute Gasteiger partial charge is 0.255 e. The van der Waals surface area contributed by atoms with Crippen LogP contribution < -0.4 is 11.1 Å². The van der Waals surface area contributed by atoms with Gasteiger partial charge in [-0.15, -0.1) is 11.3 Å². The average molecular weight is 595 g/mol. The van der Waals surface area contributed by atoms with E-state index in [4.69, 9.17) is 25.2 Å². The molecule has 0 spiro atoms. The number of ether oxygens (including phenoxy) is 2. The normalized spacial score (nSPS) is 17.2. The molecule has 0 saturated carbocycles. The van der Waals surface area contributed by atoms with Crippen molar-refractivity contribution < 1.29 is 14.3 Å². The number of thiazole rings is 1. The van der Waals surface area contributed by atoms with Crippen molar-refractivity contribution in [1.82, 2.24) is 19.3 Å². The minimum absolute atomic E-state index is 0.192. The molecule has 0 radical (unpaired) electrons. The van der Waals surface area contributed by atoms with Crippen LogP contribution >= 0.6 is 11.3 Å². The number of para-hydroxylation sites is 2. The fraction of sp³-hybridized carbons (Fsp3) is 0.303. The Hall–Kier alpha value is -4.09. The van der Waals surface area contributed by atoms with E-state index in [1.54, 1.807) is 23.5 Å². The molecule has 10 heteroatoms. The molecule has 9 nitrogen and oxygen atoms in total. The molecule has 2 aliphatic rings. The van der Waals surface area contributed by atoms with Crippen molar-refractivity contribution in [1.29, 1.82) is 0 Å². The molecule has 2 aromatic carbocycles. The van der Waals surface area contributed by atoms with Crippen LogP contribution in [-0.2, 0) is 21.4 Å². The number of aromatic nitrogens is 3. The van der Waals surface area contributed by atoms with Gasteiger partial charge in [-0.25, -0.2) is 9.97 Å². The first kappa shape index (κ1) is 27.7. The molecule has 5 aromatic rings. The highest BCUT2D eigenvalue weighted by Gasteiger charge is 2.39. The largest absolute Gasteiger partial charge is 0.397 e. The summed E-state index contributed by atoms with van der Waals surface area (Å²) in [6.45, 7) is 5.71. The lowest BCUT2D eigenvalue weighted by molar-refractivity contribution is 0.0342. The number of benzene rings is 2. The minimum Gasteiger partial charge on any atom is -0.397 e. The van der Waals surface area contributed by atoms with Gasteiger partial charge in [-0.1, -0.05) is 24.3 Å². The van der Waals surface area contributed by atoms with Gasteiger partial charge in [0.2, 0.25) is 0 Å². The van der Waals surface area contributed by atoms with Crippen molar-refractivity contribution in [2.75, 3.05) is 50.6 Å². The molecule has 3 N–H and O–H groups in total. The Balaban J connectivity index is 1.14. The first-order valence-corrected chi connectivity index (χ1v) is 15.5. The molecule has 0 atom stereocenters. The predicted molar refractivity (Wildman–Crippen MR) is 168 cm³/mol. The molecular formula is C33H34N6O3S. The van der Waals surface area contributed by atoms with Crippen LogP contribution in [-0.4, -0.2) is 64.7 Å². The van der Waals surface area contributed by atoms with Gasteiger partial charge in [0.1, 0.15) is 10.7 Å². The van der Waals surface area contributed by atoms with Crippen LogP contribution in [0.5, 0.6) is 0 Å². The van der Waals surface area contributed by atoms with Crippen molar-refractivity contribution in [2.24, 2.45) is 0 Å². The molecule has 0 aliphatic carbocycles. The van der Waals surface area contributed by atoms with Gasteiger partial charge in [-0.2, -0.15) is 0 Å². The molecule has 2 fully saturated rings. The zero-order chi connectivity index (χ0) is 29.2. The molecule has 5 heterocycles. The fourth-order valence-electron chi connectivity index (χ4n) is 6.03. The van der Waals surface area contributed by atoms with E-state index in [2.05, 4.69) is 50.5 Å². The molecule has 3 aromatic heterocycles. The van der Waals surface area contributed by atoms with E-state index in [1.807, 2.05) is 30.5 Å². The van der Waals surface area contributed by atoms with Gasteiger partial charge in [0.25, 0.3) is 5.91 Å². The lowest BCUT2D eigenvalue weighted by Crippen LogP contribution is -2.35. The highest BCUT2D eigenvalue weighted by atomic mass is 32.1. The summed E-state index contributed by atoms with van der Waals surface area (Å²) in [4.78, 5) is 25.3. The van der Waals surface area contributed by atoms with Crippen LogP contribution in [0.4, 0.5) is 11.4 Å². The Kier molecular flexibility index (Phi) is 7.67. The van der Waals surface area contributed by atoms with Crippen LogP contribution in [0.2, 0.25) is 0 Å². The maximum atomic E-state index is 13.0. The predicted octanol–water partition coefficient (Wildman–Crippen LogP) is 5.22. The topological polar surface area (TPSA) is 107 Å². The Bertz CT molecular complexity index is 1740. The number of nitrogens with one attached hydrogen (secondary N) is 1. The zero-order valence-corrected chi connectivity index (χ0v) is 24.7. The molecule has 0 bridgehead atoms. The van der Waals surface area contributed by atoms with Gasteiger partial charge < -0.3 is 20.5 Å². The number of anilines is 2. The highest BCUT2D eigenvalue weighted by molar-refractivity contribution is 7.10. The summed E-state index contributed by atoms with van der Waals surface area (Å²) in [6.07, 6.45) is 5.66. The Morgan fingerprint density at radius 3 is 2.56 bits per heavy atom. The van der Waals surface area contributed by atoms with E-state index < -0.39 is 0 Å². The number of amides is 1. The Morgan fingerprint density at radius 1 is 1.00 bits per heavy atom. The number of hydrogen-bond acceptors (Lipinski definition) is 8. The maximum Gasteiger partial charge on any atom is 0.255 e. The molecule has 0 unspecified atom stereocenters. The molecule has 43 heavy (non-hydrogen) atoms. The Morgan fingerprint density at radius 2 is 1.77 bits per heavy atom. The number of fused-ring (bicyclic) bond motifs is 1. The maximum absolute atomic E-state index is 13.0. The number of carbonyl (C=O) groups is 1. The molecule has 7 rings (SSSR count). The standard InChI is InChI=1S/C33H34N6O3S/c34-26-3-1-2-4-27(26)36-31(40)24-5-7-25(8-6-24)33(10-15-41-16-11-33)32-37-28(22-43-32)29-20-35-30-19-23(9-12-39(29)30)21-38-13-17-42-18-14-38/h1-9,12,19-20,22H,10-11,13-18,21,34H2,(H,36,40). The summed E-state index contributed by atoms with van der Waals surface area (Å²) in [6, 6.07) is 19.5. The summed E-state index contributed by atoms with van der Waals surface area (Å²) in [7, 11) is 0. The molecule has 1 amide bonds. The van der Waals surface area contributed by atoms with E-state index in [9.17, 15) is 4.79 Å². The summed E-state index contributed by atoms with van der Waals surface area (Å²) in [5, 5.41) is 6.10. The van der Waals surface area contributed by atoms with Crippen LogP contribution in [0.3, 0.4) is 0 Å². The second kappa shape index (κ2) is 11.9. The number of hydrogen-bond donors (Lipinski definition) is 2. The van der Waals surface area contributed by atoms with Gasteiger partial charge in [0.05, 0.1) is 47.6 Å². The number of imidazole rings is 1. The van der Waals surface area contributed by atoms with Gasteiger partial charge in [-0.05, 0) is 60.4 Å². The third kappa shape index (κ3) is 5.54. The summed E-state index contributed by atoms with van der Waals surface area (Å²) < 4.78 is 13.4. The third-order valence-electron chi connectivity index (χ3n) is 8.52. The van der Waals surface area contributed by atoms with Crippen LogP contribution in [0.1, 0.15) is 39.3 Å². The lowest BCUT2D eigenvalue weighted by Gasteiger charge is -2.36. The second-order valence-corrected chi connectivity index (χ2v) is 12.0. The van der Waals surface area contributed by atoms with E-state index in [-0.39, 0.29) is 11.3 Å². The van der Waals surface area contributed by atoms with E-state index in [0.29, 0.717) is 30.2 Å². The summed E-state index contributed by atoms with van der Waals surface area (Å²) in [5.41, 5.74) is 12.6. The van der Waals surface area contributed by atoms with Crippen LogP contribution in [0, 0.1) is 0 Å². The second-order valence-electron chi connectivity index (χ2n) is 11.1. The van der Waals surface area contributed by atoms with E-state index >= 15 is 0 Å². The number of nitrogens with two attached hydrogens (primary N) is 1. The molecule has 2 aliphatic heterocycles. The van der Waals surface area contributed by atoms with E-state index in [1.165, 1.54) is 5.56 Å². The van der Waals surface area contributed by atoms with Crippen molar-refractivity contribution >= 4 is 34.3 Å². The van der Waals surface area contributed by atoms with Crippen molar-refractivity contribution in [3.8, 4) is 11.4 Å². The number of morpholine rings is 1. The Labute approximate surface area is 254 Å². The summed E-state index contributed by atoms with van der Waals surface area (Å²) in [5.74, 6) is -0.192. The first-order chi connectivity index (χ1) is 21.1. The van der Waals surface area contributed by atoms with Gasteiger partial charge >= 0.3 is 0 Å². The number of rotatable bonds is 7. The molecule has 220 valence electrons. The number of carbonyl (C=O) groups excluding carboxylic acids is 1.